The summed E-state index contributed by atoms with van der Waals surface area (Å²) in [6, 6.07) is 9.62. The minimum atomic E-state index is -0.366. The van der Waals surface area contributed by atoms with Crippen molar-refractivity contribution in [3.05, 3.63) is 71.3 Å². The summed E-state index contributed by atoms with van der Waals surface area (Å²) in [4.78, 5) is 12.8. The van der Waals surface area contributed by atoms with E-state index in [2.05, 4.69) is 25.6 Å². The first-order valence-electron chi connectivity index (χ1n) is 8.80. The van der Waals surface area contributed by atoms with Crippen LogP contribution < -0.4 is 15.4 Å². The molecule has 1 aromatic carbocycles. The molecule has 0 aliphatic rings. The number of pyridine rings is 1. The van der Waals surface area contributed by atoms with Crippen molar-refractivity contribution in [3.63, 3.8) is 0 Å². The highest BCUT2D eigenvalue weighted by Gasteiger charge is 2.09. The van der Waals surface area contributed by atoms with E-state index in [9.17, 15) is 4.39 Å². The average Bonchev–Trinajstić information content (AvgIpc) is 3.01. The van der Waals surface area contributed by atoms with Crippen molar-refractivity contribution >= 4 is 5.96 Å². The number of halogens is 1. The molecule has 3 aromatic rings. The topological polar surface area (TPSA) is 84.6 Å². The number of nitrogens with zero attached hydrogens (tertiary/aromatic N) is 3. The lowest BCUT2D eigenvalue weighted by Crippen LogP contribution is -2.36. The Balaban J connectivity index is 1.61. The van der Waals surface area contributed by atoms with E-state index in [1.807, 2.05) is 26.0 Å². The van der Waals surface area contributed by atoms with Crippen molar-refractivity contribution in [2.45, 2.75) is 26.9 Å². The van der Waals surface area contributed by atoms with E-state index >= 15 is 0 Å². The predicted octanol–water partition coefficient (Wildman–Crippen LogP) is 3.48. The maximum absolute atomic E-state index is 13.4. The Morgan fingerprint density at radius 3 is 2.71 bits per heavy atom. The predicted molar refractivity (Wildman–Crippen MR) is 104 cm³/mol. The Bertz CT molecular complexity index is 951. The van der Waals surface area contributed by atoms with Crippen LogP contribution >= 0.6 is 0 Å². The summed E-state index contributed by atoms with van der Waals surface area (Å²) in [5.74, 6) is 2.39. The third-order valence-corrected chi connectivity index (χ3v) is 4.01. The summed E-state index contributed by atoms with van der Waals surface area (Å²) in [6.07, 6.45) is 1.62. The Hall–Kier alpha value is -3.42. The number of hydrogen-bond donors (Lipinski definition) is 2. The second kappa shape index (κ2) is 8.98. The molecule has 2 aromatic heterocycles. The number of guanidine groups is 1. The van der Waals surface area contributed by atoms with Gasteiger partial charge in [0.15, 0.2) is 5.96 Å². The molecule has 0 spiro atoms. The van der Waals surface area contributed by atoms with Crippen molar-refractivity contribution in [1.29, 1.82) is 0 Å². The summed E-state index contributed by atoms with van der Waals surface area (Å²) in [6.45, 7) is 4.61. The molecular formula is C20H22FN5O2. The van der Waals surface area contributed by atoms with Crippen molar-refractivity contribution < 1.29 is 13.5 Å². The zero-order chi connectivity index (χ0) is 19.9. The van der Waals surface area contributed by atoms with Gasteiger partial charge in [0.05, 0.1) is 12.2 Å². The lowest BCUT2D eigenvalue weighted by atomic mass is 10.2. The molecule has 0 atom stereocenters. The van der Waals surface area contributed by atoms with Crippen LogP contribution in [0.4, 0.5) is 4.39 Å². The molecule has 0 unspecified atom stereocenters. The van der Waals surface area contributed by atoms with E-state index in [-0.39, 0.29) is 5.82 Å². The van der Waals surface area contributed by atoms with Crippen LogP contribution in [0.15, 0.2) is 52.0 Å². The first-order valence-corrected chi connectivity index (χ1v) is 8.80. The van der Waals surface area contributed by atoms with Gasteiger partial charge in [0, 0.05) is 31.4 Å². The van der Waals surface area contributed by atoms with Gasteiger partial charge in [0.1, 0.15) is 17.3 Å². The van der Waals surface area contributed by atoms with Crippen molar-refractivity contribution in [1.82, 2.24) is 20.6 Å². The number of aromatic nitrogens is 2. The minimum absolute atomic E-state index is 0.366. The van der Waals surface area contributed by atoms with Gasteiger partial charge in [-0.05, 0) is 32.0 Å². The number of nitrogens with one attached hydrogen (secondary N) is 2. The van der Waals surface area contributed by atoms with E-state index in [1.165, 1.54) is 12.1 Å². The molecule has 7 nitrogen and oxygen atoms in total. The number of rotatable bonds is 6. The van der Waals surface area contributed by atoms with Crippen molar-refractivity contribution in [2.24, 2.45) is 4.99 Å². The number of aryl methyl sites for hydroxylation is 2. The molecule has 0 aliphatic carbocycles. The number of benzene rings is 1. The standard InChI is InChI=1S/C20H22FN5O2/c1-13-14(2)27-18(26-13)12-25-20(22-3)24-11-15-6-5-9-23-19(15)28-17-8-4-7-16(21)10-17/h4-10H,11-12H2,1-3H3,(H2,22,24,25). The first-order chi connectivity index (χ1) is 13.5. The molecule has 0 bridgehead atoms. The number of ether oxygens (including phenoxy) is 1. The van der Waals surface area contributed by atoms with E-state index < -0.39 is 0 Å². The van der Waals surface area contributed by atoms with Crippen LogP contribution in [0.5, 0.6) is 11.6 Å². The largest absolute Gasteiger partial charge is 0.444 e. The first kappa shape index (κ1) is 19.3. The zero-order valence-electron chi connectivity index (χ0n) is 16.0. The molecule has 3 rings (SSSR count). The van der Waals surface area contributed by atoms with Gasteiger partial charge in [-0.25, -0.2) is 14.4 Å². The molecule has 2 heterocycles. The molecule has 0 radical (unpaired) electrons. The Morgan fingerprint density at radius 2 is 2.00 bits per heavy atom. The number of hydrogen-bond acceptors (Lipinski definition) is 5. The highest BCUT2D eigenvalue weighted by atomic mass is 19.1. The highest BCUT2D eigenvalue weighted by Crippen LogP contribution is 2.23. The van der Waals surface area contributed by atoms with E-state index in [0.717, 1.165) is 17.0 Å². The monoisotopic (exact) mass is 383 g/mol. The molecule has 146 valence electrons. The maximum atomic E-state index is 13.4. The summed E-state index contributed by atoms with van der Waals surface area (Å²) in [5.41, 5.74) is 1.67. The van der Waals surface area contributed by atoms with Gasteiger partial charge in [-0.15, -0.1) is 0 Å². The molecular weight excluding hydrogens is 361 g/mol. The van der Waals surface area contributed by atoms with Crippen LogP contribution in [0.2, 0.25) is 0 Å². The fourth-order valence-electron chi connectivity index (χ4n) is 2.47. The van der Waals surface area contributed by atoms with Gasteiger partial charge >= 0.3 is 0 Å². The zero-order valence-corrected chi connectivity index (χ0v) is 16.0. The van der Waals surface area contributed by atoms with Gasteiger partial charge in [0.2, 0.25) is 11.8 Å². The third kappa shape index (κ3) is 5.06. The van der Waals surface area contributed by atoms with Crippen molar-refractivity contribution in [2.75, 3.05) is 7.05 Å². The van der Waals surface area contributed by atoms with Gasteiger partial charge in [-0.2, -0.15) is 0 Å². The number of oxazole rings is 1. The third-order valence-electron chi connectivity index (χ3n) is 4.01. The highest BCUT2D eigenvalue weighted by molar-refractivity contribution is 5.79. The van der Waals surface area contributed by atoms with E-state index in [4.69, 9.17) is 9.15 Å². The Morgan fingerprint density at radius 1 is 1.18 bits per heavy atom. The van der Waals surface area contributed by atoms with Gasteiger partial charge in [-0.1, -0.05) is 12.1 Å². The molecule has 0 amide bonds. The fraction of sp³-hybridized carbons (Fsp3) is 0.250. The Kier molecular flexibility index (Phi) is 6.21. The average molecular weight is 383 g/mol. The lowest BCUT2D eigenvalue weighted by Gasteiger charge is -2.13. The van der Waals surface area contributed by atoms with Crippen molar-refractivity contribution in [3.8, 4) is 11.6 Å². The SMILES string of the molecule is CN=C(NCc1nc(C)c(C)o1)NCc1cccnc1Oc1cccc(F)c1. The smallest absolute Gasteiger partial charge is 0.224 e. The van der Waals surface area contributed by atoms with Crippen LogP contribution in [-0.4, -0.2) is 23.0 Å². The molecule has 0 saturated heterocycles. The van der Waals surface area contributed by atoms with Crippen LogP contribution in [0, 0.1) is 19.7 Å². The van der Waals surface area contributed by atoms with E-state index in [1.54, 1.807) is 25.4 Å². The summed E-state index contributed by atoms with van der Waals surface area (Å²) < 4.78 is 24.6. The molecule has 0 saturated carbocycles. The normalized spacial score (nSPS) is 11.4. The van der Waals surface area contributed by atoms with Crippen LogP contribution in [0.1, 0.15) is 22.9 Å². The summed E-state index contributed by atoms with van der Waals surface area (Å²) >= 11 is 0. The lowest BCUT2D eigenvalue weighted by molar-refractivity contribution is 0.450. The quantitative estimate of drug-likeness (QED) is 0.501. The molecule has 8 heteroatoms. The molecule has 2 N–H and O–H groups in total. The fourth-order valence-corrected chi connectivity index (χ4v) is 2.47. The summed E-state index contributed by atoms with van der Waals surface area (Å²) in [5, 5.41) is 6.34. The number of aliphatic imine (C=N–C) groups is 1. The van der Waals surface area contributed by atoms with E-state index in [0.29, 0.717) is 36.6 Å². The second-order valence-corrected chi connectivity index (χ2v) is 6.06. The Labute approximate surface area is 162 Å². The summed E-state index contributed by atoms with van der Waals surface area (Å²) in [7, 11) is 1.68. The van der Waals surface area contributed by atoms with Crippen LogP contribution in [0.3, 0.4) is 0 Å². The van der Waals surface area contributed by atoms with Gasteiger partial charge < -0.3 is 19.8 Å². The minimum Gasteiger partial charge on any atom is -0.444 e. The van der Waals surface area contributed by atoms with Crippen LogP contribution in [0.25, 0.3) is 0 Å². The molecule has 0 fully saturated rings. The maximum Gasteiger partial charge on any atom is 0.224 e. The van der Waals surface area contributed by atoms with Crippen LogP contribution in [-0.2, 0) is 13.1 Å². The van der Waals surface area contributed by atoms with Gasteiger partial charge in [0.25, 0.3) is 0 Å². The molecule has 0 aliphatic heterocycles. The molecule has 28 heavy (non-hydrogen) atoms. The van der Waals surface area contributed by atoms with Gasteiger partial charge in [-0.3, -0.25) is 4.99 Å². The second-order valence-electron chi connectivity index (χ2n) is 6.06.